The van der Waals surface area contributed by atoms with Gasteiger partial charge in [0.25, 0.3) is 0 Å². The molecule has 0 saturated carbocycles. The number of aliphatic carboxylic acids is 1. The third-order valence-corrected chi connectivity index (χ3v) is 5.81. The standard InChI is InChI=1S/C16H23N3O3S/c1-2-3-10-4-5-12-13(8-10)23-15(17-12)18-16(22)19-7-6-11(9-19)14(20)21/h10-11H,2-9H2,1H3,(H,20,21)(H,17,18,22). The molecule has 2 aliphatic rings. The number of carbonyl (C=O) groups excluding carboxylic acids is 1. The SMILES string of the molecule is CCCC1CCc2nc(NC(=O)N3CCC(C(=O)O)C3)sc2C1. The summed E-state index contributed by atoms with van der Waals surface area (Å²) in [6, 6.07) is -0.232. The number of hydrogen-bond acceptors (Lipinski definition) is 4. The summed E-state index contributed by atoms with van der Waals surface area (Å²) < 4.78 is 0. The van der Waals surface area contributed by atoms with Crippen molar-refractivity contribution in [2.75, 3.05) is 18.4 Å². The fraction of sp³-hybridized carbons (Fsp3) is 0.688. The normalized spacial score (nSPS) is 23.6. The summed E-state index contributed by atoms with van der Waals surface area (Å²) in [5, 5.41) is 12.5. The van der Waals surface area contributed by atoms with Crippen LogP contribution in [0.5, 0.6) is 0 Å². The van der Waals surface area contributed by atoms with Crippen molar-refractivity contribution in [2.24, 2.45) is 11.8 Å². The highest BCUT2D eigenvalue weighted by Crippen LogP contribution is 2.34. The van der Waals surface area contributed by atoms with Crippen molar-refractivity contribution < 1.29 is 14.7 Å². The van der Waals surface area contributed by atoms with E-state index in [0.717, 1.165) is 24.5 Å². The Morgan fingerprint density at radius 3 is 2.96 bits per heavy atom. The second kappa shape index (κ2) is 6.86. The molecule has 1 fully saturated rings. The van der Waals surface area contributed by atoms with Crippen LogP contribution in [0.2, 0.25) is 0 Å². The van der Waals surface area contributed by atoms with Gasteiger partial charge in [-0.05, 0) is 31.6 Å². The number of carboxylic acid groups (broad SMARTS) is 1. The van der Waals surface area contributed by atoms with E-state index in [4.69, 9.17) is 5.11 Å². The van der Waals surface area contributed by atoms with Crippen LogP contribution in [0, 0.1) is 11.8 Å². The van der Waals surface area contributed by atoms with Crippen molar-refractivity contribution >= 4 is 28.5 Å². The molecule has 2 N–H and O–H groups in total. The van der Waals surface area contributed by atoms with Gasteiger partial charge in [0.15, 0.2) is 5.13 Å². The fourth-order valence-corrected chi connectivity index (χ4v) is 4.58. The molecular weight excluding hydrogens is 314 g/mol. The molecule has 0 bridgehead atoms. The molecule has 23 heavy (non-hydrogen) atoms. The largest absolute Gasteiger partial charge is 0.481 e. The van der Waals surface area contributed by atoms with Gasteiger partial charge in [-0.25, -0.2) is 9.78 Å². The summed E-state index contributed by atoms with van der Waals surface area (Å²) in [4.78, 5) is 30.7. The van der Waals surface area contributed by atoms with Crippen molar-refractivity contribution in [3.63, 3.8) is 0 Å². The number of nitrogens with one attached hydrogen (secondary N) is 1. The molecule has 2 unspecified atom stereocenters. The Balaban J connectivity index is 1.59. The third kappa shape index (κ3) is 3.65. The first kappa shape index (κ1) is 16.2. The summed E-state index contributed by atoms with van der Waals surface area (Å²) in [7, 11) is 0. The molecular formula is C16H23N3O3S. The van der Waals surface area contributed by atoms with Crippen LogP contribution >= 0.6 is 11.3 Å². The van der Waals surface area contributed by atoms with Gasteiger partial charge in [-0.15, -0.1) is 11.3 Å². The van der Waals surface area contributed by atoms with Crippen molar-refractivity contribution in [1.82, 2.24) is 9.88 Å². The predicted octanol–water partition coefficient (Wildman–Crippen LogP) is 2.99. The van der Waals surface area contributed by atoms with Crippen LogP contribution in [0.4, 0.5) is 9.93 Å². The van der Waals surface area contributed by atoms with Crippen LogP contribution in [-0.4, -0.2) is 40.1 Å². The Bertz CT molecular complexity index is 601. The lowest BCUT2D eigenvalue weighted by atomic mass is 9.88. The van der Waals surface area contributed by atoms with Gasteiger partial charge in [0.05, 0.1) is 11.6 Å². The van der Waals surface area contributed by atoms with E-state index in [1.54, 1.807) is 16.2 Å². The van der Waals surface area contributed by atoms with E-state index in [1.165, 1.54) is 24.1 Å². The Morgan fingerprint density at radius 1 is 1.43 bits per heavy atom. The molecule has 126 valence electrons. The van der Waals surface area contributed by atoms with Gasteiger partial charge in [0.2, 0.25) is 0 Å². The summed E-state index contributed by atoms with van der Waals surface area (Å²) in [6.45, 7) is 2.99. The quantitative estimate of drug-likeness (QED) is 0.885. The van der Waals surface area contributed by atoms with Gasteiger partial charge in [-0.1, -0.05) is 19.8 Å². The molecule has 2 atom stereocenters. The number of thiazole rings is 1. The number of amides is 2. The maximum absolute atomic E-state index is 12.3. The zero-order valence-corrected chi connectivity index (χ0v) is 14.2. The monoisotopic (exact) mass is 337 g/mol. The molecule has 2 heterocycles. The predicted molar refractivity (Wildman–Crippen MR) is 88.9 cm³/mol. The number of anilines is 1. The van der Waals surface area contributed by atoms with Gasteiger partial charge in [-0.3, -0.25) is 10.1 Å². The van der Waals surface area contributed by atoms with E-state index in [-0.39, 0.29) is 12.6 Å². The number of likely N-dealkylation sites (tertiary alicyclic amines) is 1. The van der Waals surface area contributed by atoms with Crippen LogP contribution in [0.3, 0.4) is 0 Å². The molecule has 1 aliphatic carbocycles. The maximum Gasteiger partial charge on any atom is 0.323 e. The number of urea groups is 1. The van der Waals surface area contributed by atoms with E-state index in [1.807, 2.05) is 0 Å². The van der Waals surface area contributed by atoms with Gasteiger partial charge >= 0.3 is 12.0 Å². The number of rotatable bonds is 4. The molecule has 3 rings (SSSR count). The lowest BCUT2D eigenvalue weighted by Crippen LogP contribution is -2.33. The highest BCUT2D eigenvalue weighted by Gasteiger charge is 2.31. The number of aromatic nitrogens is 1. The zero-order chi connectivity index (χ0) is 16.4. The molecule has 6 nitrogen and oxygen atoms in total. The Hall–Kier alpha value is -1.63. The average Bonchev–Trinajstić information content (AvgIpc) is 3.13. The number of carboxylic acids is 1. The van der Waals surface area contributed by atoms with E-state index >= 15 is 0 Å². The minimum absolute atomic E-state index is 0.232. The summed E-state index contributed by atoms with van der Waals surface area (Å²) in [6.07, 6.45) is 6.24. The molecule has 7 heteroatoms. The molecule has 1 aromatic heterocycles. The lowest BCUT2D eigenvalue weighted by molar-refractivity contribution is -0.141. The van der Waals surface area contributed by atoms with E-state index in [9.17, 15) is 9.59 Å². The minimum atomic E-state index is -0.827. The summed E-state index contributed by atoms with van der Waals surface area (Å²) >= 11 is 1.57. The number of hydrogen-bond donors (Lipinski definition) is 2. The zero-order valence-electron chi connectivity index (χ0n) is 13.4. The maximum atomic E-state index is 12.3. The van der Waals surface area contributed by atoms with E-state index < -0.39 is 11.9 Å². The lowest BCUT2D eigenvalue weighted by Gasteiger charge is -2.19. The fourth-order valence-electron chi connectivity index (χ4n) is 3.47. The molecule has 0 aromatic carbocycles. The van der Waals surface area contributed by atoms with Crippen molar-refractivity contribution in [1.29, 1.82) is 0 Å². The third-order valence-electron chi connectivity index (χ3n) is 4.78. The first-order valence-electron chi connectivity index (χ1n) is 8.34. The molecule has 1 aliphatic heterocycles. The first-order chi connectivity index (χ1) is 11.1. The highest BCUT2D eigenvalue weighted by atomic mass is 32.1. The van der Waals surface area contributed by atoms with Crippen LogP contribution in [-0.2, 0) is 17.6 Å². The van der Waals surface area contributed by atoms with Crippen LogP contribution < -0.4 is 5.32 Å². The topological polar surface area (TPSA) is 82.5 Å². The average molecular weight is 337 g/mol. The van der Waals surface area contributed by atoms with E-state index in [2.05, 4.69) is 17.2 Å². The number of nitrogens with zero attached hydrogens (tertiary/aromatic N) is 2. The van der Waals surface area contributed by atoms with Crippen molar-refractivity contribution in [2.45, 2.75) is 45.4 Å². The minimum Gasteiger partial charge on any atom is -0.481 e. The number of aryl methyl sites for hydroxylation is 1. The summed E-state index contributed by atoms with van der Waals surface area (Å²) in [5.74, 6) is -0.529. The van der Waals surface area contributed by atoms with Crippen LogP contribution in [0.1, 0.15) is 43.2 Å². The number of carbonyl (C=O) groups is 2. The molecule has 1 aromatic rings. The highest BCUT2D eigenvalue weighted by molar-refractivity contribution is 7.15. The summed E-state index contributed by atoms with van der Waals surface area (Å²) in [5.41, 5.74) is 1.13. The van der Waals surface area contributed by atoms with Crippen molar-refractivity contribution in [3.8, 4) is 0 Å². The second-order valence-electron chi connectivity index (χ2n) is 6.49. The Labute approximate surface area is 139 Å². The van der Waals surface area contributed by atoms with Crippen LogP contribution in [0.25, 0.3) is 0 Å². The second-order valence-corrected chi connectivity index (χ2v) is 7.57. The van der Waals surface area contributed by atoms with E-state index in [0.29, 0.717) is 18.1 Å². The van der Waals surface area contributed by atoms with Crippen molar-refractivity contribution in [3.05, 3.63) is 10.6 Å². The molecule has 0 radical (unpaired) electrons. The Morgan fingerprint density at radius 2 is 2.26 bits per heavy atom. The molecule has 0 spiro atoms. The molecule has 2 amide bonds. The van der Waals surface area contributed by atoms with Gasteiger partial charge in [-0.2, -0.15) is 0 Å². The number of fused-ring (bicyclic) bond motifs is 1. The van der Waals surface area contributed by atoms with Gasteiger partial charge in [0, 0.05) is 18.0 Å². The first-order valence-corrected chi connectivity index (χ1v) is 9.15. The Kier molecular flexibility index (Phi) is 4.84. The van der Waals surface area contributed by atoms with Gasteiger partial charge < -0.3 is 10.0 Å². The molecule has 1 saturated heterocycles. The van der Waals surface area contributed by atoms with Crippen LogP contribution in [0.15, 0.2) is 0 Å². The van der Waals surface area contributed by atoms with Gasteiger partial charge in [0.1, 0.15) is 0 Å². The smallest absolute Gasteiger partial charge is 0.323 e.